The van der Waals surface area contributed by atoms with E-state index < -0.39 is 0 Å². The summed E-state index contributed by atoms with van der Waals surface area (Å²) in [6, 6.07) is 7.47. The van der Waals surface area contributed by atoms with Crippen LogP contribution in [0, 0.1) is 26.8 Å². The second kappa shape index (κ2) is 19.4. The van der Waals surface area contributed by atoms with E-state index in [4.69, 9.17) is 14.4 Å². The minimum atomic E-state index is 0. The molecule has 0 aromatic heterocycles. The first-order valence-electron chi connectivity index (χ1n) is 3.86. The topological polar surface area (TPSA) is 51.2 Å². The number of benzene rings is 1. The zero-order chi connectivity index (χ0) is 12.9. The average Bonchev–Trinajstić information content (AvgIpc) is 2.24. The molecule has 0 amide bonds. The van der Waals surface area contributed by atoms with Gasteiger partial charge in [0, 0.05) is 0 Å². The Morgan fingerprint density at radius 1 is 0.812 bits per heavy atom. The molecular formula is C12H14CrO3. The normalized spacial score (nSPS) is 6.19. The maximum absolute atomic E-state index is 7.75. The molecule has 0 unspecified atom stereocenters. The van der Waals surface area contributed by atoms with Gasteiger partial charge >= 0.3 is 17.4 Å². The van der Waals surface area contributed by atoms with Gasteiger partial charge < -0.3 is 14.4 Å². The molecule has 0 spiro atoms. The Hall–Kier alpha value is -1.24. The zero-order valence-electron chi connectivity index (χ0n) is 9.52. The Labute approximate surface area is 108 Å². The van der Waals surface area contributed by atoms with Crippen LogP contribution in [0.4, 0.5) is 0 Å². The summed E-state index contributed by atoms with van der Waals surface area (Å²) in [5.74, 6) is 0. The van der Waals surface area contributed by atoms with Crippen LogP contribution < -0.4 is 0 Å². The number of rotatable bonds is 0. The smallest absolute Gasteiger partial charge is 0.545 e. The third-order valence-electron chi connectivity index (χ3n) is 1.28. The van der Waals surface area contributed by atoms with Gasteiger partial charge in [-0.25, -0.2) is 0 Å². The molecule has 86 valence electrons. The predicted octanol–water partition coefficient (Wildman–Crippen LogP) is 1.59. The largest absolute Gasteiger partial charge is 4.00 e. The molecule has 1 aromatic rings. The van der Waals surface area contributed by atoms with Gasteiger partial charge in [0.25, 0.3) is 0 Å². The fourth-order valence-corrected chi connectivity index (χ4v) is 1.11. The summed E-state index contributed by atoms with van der Waals surface area (Å²) in [5, 5.41) is 0. The minimum Gasteiger partial charge on any atom is -0.545 e. The average molecular weight is 258 g/mol. The van der Waals surface area contributed by atoms with E-state index in [0.717, 1.165) is 0 Å². The standard InChI is InChI=1S/C9H11.3CHO.Cr/c1-7-4-8(2)6-9(3)5-7;3*1-2;/h4-5H,1-3H3;3*1H;/q4*-1;+4. The molecule has 0 saturated heterocycles. The third kappa shape index (κ3) is 15.2. The van der Waals surface area contributed by atoms with Gasteiger partial charge in [-0.05, 0) is 0 Å². The van der Waals surface area contributed by atoms with Crippen molar-refractivity contribution in [3.05, 3.63) is 34.9 Å². The number of aryl methyl sites for hydroxylation is 3. The van der Waals surface area contributed by atoms with Crippen molar-refractivity contribution >= 4 is 20.4 Å². The molecule has 3 nitrogen and oxygen atoms in total. The van der Waals surface area contributed by atoms with Crippen LogP contribution in [0.5, 0.6) is 0 Å². The monoisotopic (exact) mass is 258 g/mol. The van der Waals surface area contributed by atoms with Crippen molar-refractivity contribution < 1.29 is 31.7 Å². The van der Waals surface area contributed by atoms with Crippen LogP contribution in [0.15, 0.2) is 12.1 Å². The predicted molar refractivity (Wildman–Crippen MR) is 59.7 cm³/mol. The number of hydrogen-bond acceptors (Lipinski definition) is 3. The Morgan fingerprint density at radius 2 is 1.06 bits per heavy atom. The molecule has 0 saturated carbocycles. The molecule has 0 fully saturated rings. The first-order valence-corrected chi connectivity index (χ1v) is 3.86. The fourth-order valence-electron chi connectivity index (χ4n) is 1.11. The van der Waals surface area contributed by atoms with E-state index in [1.807, 2.05) is 0 Å². The number of carbonyl (C=O) groups excluding carboxylic acids is 3. The van der Waals surface area contributed by atoms with Crippen LogP contribution in [0.25, 0.3) is 0 Å². The van der Waals surface area contributed by atoms with Gasteiger partial charge in [0.05, 0.1) is 0 Å². The van der Waals surface area contributed by atoms with Crippen LogP contribution >= 0.6 is 0 Å². The van der Waals surface area contributed by atoms with Crippen molar-refractivity contribution in [3.63, 3.8) is 0 Å². The van der Waals surface area contributed by atoms with Crippen LogP contribution in [0.3, 0.4) is 0 Å². The maximum Gasteiger partial charge on any atom is 4.00 e. The molecule has 0 bridgehead atoms. The summed E-state index contributed by atoms with van der Waals surface area (Å²) in [6.45, 7) is 16.0. The Morgan fingerprint density at radius 3 is 1.25 bits per heavy atom. The van der Waals surface area contributed by atoms with E-state index in [1.165, 1.54) is 16.7 Å². The molecule has 1 rings (SSSR count). The van der Waals surface area contributed by atoms with Crippen molar-refractivity contribution in [1.82, 2.24) is 0 Å². The summed E-state index contributed by atoms with van der Waals surface area (Å²) in [4.78, 5) is 23.2. The fraction of sp³-hybridized carbons (Fsp3) is 0.250. The molecule has 0 aliphatic heterocycles. The third-order valence-corrected chi connectivity index (χ3v) is 1.28. The van der Waals surface area contributed by atoms with Gasteiger partial charge in [-0.2, -0.15) is 34.9 Å². The van der Waals surface area contributed by atoms with E-state index in [9.17, 15) is 0 Å². The minimum absolute atomic E-state index is 0. The maximum atomic E-state index is 7.75. The van der Waals surface area contributed by atoms with Crippen molar-refractivity contribution in [2.45, 2.75) is 20.8 Å². The van der Waals surface area contributed by atoms with Gasteiger partial charge in [-0.1, -0.05) is 20.8 Å². The molecule has 0 radical (unpaired) electrons. The van der Waals surface area contributed by atoms with Crippen molar-refractivity contribution in [2.75, 3.05) is 0 Å². The van der Waals surface area contributed by atoms with Crippen LogP contribution in [-0.2, 0) is 31.7 Å². The van der Waals surface area contributed by atoms with Crippen molar-refractivity contribution in [3.8, 4) is 0 Å². The summed E-state index contributed by atoms with van der Waals surface area (Å²) in [7, 11) is 0. The number of hydrogen-bond donors (Lipinski definition) is 0. The van der Waals surface area contributed by atoms with Gasteiger partial charge in [0.15, 0.2) is 0 Å². The quantitative estimate of drug-likeness (QED) is 0.524. The van der Waals surface area contributed by atoms with Crippen LogP contribution in [0.1, 0.15) is 16.7 Å². The Balaban J connectivity index is -0.0000000900. The SMILES string of the molecule is Cc1[c-]c(C)cc(C)c1.[CH-]=O.[CH-]=O.[CH-]=O.[Cr+4]. The van der Waals surface area contributed by atoms with E-state index >= 15 is 0 Å². The van der Waals surface area contributed by atoms with Gasteiger partial charge in [-0.3, -0.25) is 20.4 Å². The molecule has 0 aliphatic rings. The van der Waals surface area contributed by atoms with E-state index in [-0.39, 0.29) is 17.4 Å². The van der Waals surface area contributed by atoms with Gasteiger partial charge in [0.1, 0.15) is 0 Å². The second-order valence-electron chi connectivity index (χ2n) is 2.52. The van der Waals surface area contributed by atoms with Crippen LogP contribution in [-0.4, -0.2) is 20.4 Å². The Kier molecular flexibility index (Phi) is 29.2. The second-order valence-corrected chi connectivity index (χ2v) is 2.52. The van der Waals surface area contributed by atoms with Crippen molar-refractivity contribution in [2.24, 2.45) is 0 Å². The van der Waals surface area contributed by atoms with Gasteiger partial charge in [-0.15, -0.1) is 0 Å². The first-order chi connectivity index (χ1) is 7.18. The molecule has 0 atom stereocenters. The molecule has 0 heterocycles. The zero-order valence-corrected chi connectivity index (χ0v) is 10.8. The molecule has 16 heavy (non-hydrogen) atoms. The van der Waals surface area contributed by atoms with Crippen LogP contribution in [0.2, 0.25) is 0 Å². The van der Waals surface area contributed by atoms with E-state index in [1.54, 1.807) is 0 Å². The first kappa shape index (κ1) is 24.1. The Bertz CT molecular complexity index is 209. The molecule has 0 aliphatic carbocycles. The van der Waals surface area contributed by atoms with Gasteiger partial charge in [0.2, 0.25) is 0 Å². The van der Waals surface area contributed by atoms with E-state index in [2.05, 4.69) is 59.3 Å². The van der Waals surface area contributed by atoms with E-state index in [0.29, 0.717) is 0 Å². The summed E-state index contributed by atoms with van der Waals surface area (Å²) in [5.41, 5.74) is 3.78. The molecular weight excluding hydrogens is 244 g/mol. The molecule has 1 aromatic carbocycles. The molecule has 0 N–H and O–H groups in total. The summed E-state index contributed by atoms with van der Waals surface area (Å²) in [6.07, 6.45) is 0. The van der Waals surface area contributed by atoms with Crippen molar-refractivity contribution in [1.29, 1.82) is 0 Å². The molecule has 4 heteroatoms. The summed E-state index contributed by atoms with van der Waals surface area (Å²) >= 11 is 0. The summed E-state index contributed by atoms with van der Waals surface area (Å²) < 4.78 is 0.